The van der Waals surface area contributed by atoms with Gasteiger partial charge in [0.15, 0.2) is 0 Å². The van der Waals surface area contributed by atoms with Crippen LogP contribution < -0.4 is 5.32 Å². The van der Waals surface area contributed by atoms with Gasteiger partial charge in [-0.25, -0.2) is 14.6 Å². The largest absolute Gasteiger partial charge is 0.466 e. The molecule has 4 rings (SSSR count). The molecule has 2 heterocycles. The first-order valence-electron chi connectivity index (χ1n) is 12.3. The number of halogens is 1. The molecule has 2 aromatic carbocycles. The highest BCUT2D eigenvalue weighted by Crippen LogP contribution is 2.44. The lowest BCUT2D eigenvalue weighted by Crippen LogP contribution is -2.32. The molecule has 40 heavy (non-hydrogen) atoms. The number of nitrogens with zero attached hydrogens (tertiary/aromatic N) is 3. The molecule has 3 aromatic rings. The van der Waals surface area contributed by atoms with Gasteiger partial charge in [0.1, 0.15) is 11.6 Å². The van der Waals surface area contributed by atoms with Crippen LogP contribution in [0.25, 0.3) is 6.08 Å². The average molecular weight is 563 g/mol. The summed E-state index contributed by atoms with van der Waals surface area (Å²) < 4.78 is 12.5. The molecule has 0 spiro atoms. The number of hydrogen-bond donors (Lipinski definition) is 1. The lowest BCUT2D eigenvalue weighted by molar-refractivity contribution is -0.384. The Labute approximate surface area is 235 Å². The van der Waals surface area contributed by atoms with Gasteiger partial charge < -0.3 is 19.4 Å². The summed E-state index contributed by atoms with van der Waals surface area (Å²) in [6.07, 6.45) is 8.90. The first-order chi connectivity index (χ1) is 19.2. The van der Waals surface area contributed by atoms with Crippen molar-refractivity contribution in [1.29, 1.82) is 0 Å². The monoisotopic (exact) mass is 562 g/mol. The molecule has 11 heteroatoms. The van der Waals surface area contributed by atoms with Crippen LogP contribution in [0.15, 0.2) is 89.8 Å². The molecule has 206 valence electrons. The summed E-state index contributed by atoms with van der Waals surface area (Å²) in [6, 6.07) is 12.2. The second kappa shape index (κ2) is 12.4. The van der Waals surface area contributed by atoms with Crippen LogP contribution in [0.3, 0.4) is 0 Å². The minimum Gasteiger partial charge on any atom is -0.466 e. The van der Waals surface area contributed by atoms with Gasteiger partial charge in [-0.15, -0.1) is 0 Å². The van der Waals surface area contributed by atoms with E-state index < -0.39 is 22.8 Å². The van der Waals surface area contributed by atoms with Crippen LogP contribution in [0.1, 0.15) is 36.5 Å². The zero-order valence-corrected chi connectivity index (χ0v) is 22.8. The highest BCUT2D eigenvalue weighted by molar-refractivity contribution is 6.33. The molecule has 1 aromatic heterocycles. The number of nitro groups is 1. The second-order valence-electron chi connectivity index (χ2n) is 9.04. The van der Waals surface area contributed by atoms with Gasteiger partial charge in [-0.05, 0) is 36.6 Å². The quantitative estimate of drug-likeness (QED) is 0.215. The fraction of sp³-hybridized carbons (Fsp3) is 0.207. The number of imidazole rings is 1. The third kappa shape index (κ3) is 6.13. The maximum Gasteiger partial charge on any atom is 0.337 e. The van der Waals surface area contributed by atoms with E-state index in [1.807, 2.05) is 41.1 Å². The van der Waals surface area contributed by atoms with Crippen molar-refractivity contribution in [2.24, 2.45) is 0 Å². The lowest BCUT2D eigenvalue weighted by atomic mass is 9.80. The number of esters is 2. The Hall–Kier alpha value is -4.70. The summed E-state index contributed by atoms with van der Waals surface area (Å²) in [4.78, 5) is 41.2. The van der Waals surface area contributed by atoms with E-state index in [1.54, 1.807) is 38.5 Å². The van der Waals surface area contributed by atoms with Crippen molar-refractivity contribution in [3.8, 4) is 0 Å². The molecule has 1 aliphatic heterocycles. The number of carbonyl (C=O) groups is 2. The Balaban J connectivity index is 1.54. The minimum atomic E-state index is -1.04. The third-order valence-corrected chi connectivity index (χ3v) is 6.84. The Bertz CT molecular complexity index is 1520. The number of dihydropyridines is 1. The van der Waals surface area contributed by atoms with E-state index in [0.717, 1.165) is 11.1 Å². The van der Waals surface area contributed by atoms with Gasteiger partial charge in [-0.2, -0.15) is 0 Å². The SMILES string of the molecule is COC(=O)C1=C(C)NC(C)=C(C(=O)OC/C=C/c2ccc(Cn3ccnc3)cc2)C1c1cccc([N+](=O)[O-])c1Cl. The van der Waals surface area contributed by atoms with Crippen LogP contribution in [0.4, 0.5) is 5.69 Å². The zero-order chi connectivity index (χ0) is 28.8. The van der Waals surface area contributed by atoms with Crippen molar-refractivity contribution in [3.05, 3.63) is 122 Å². The Morgan fingerprint density at radius 3 is 2.45 bits per heavy atom. The predicted octanol–water partition coefficient (Wildman–Crippen LogP) is 5.16. The molecule has 1 atom stereocenters. The lowest BCUT2D eigenvalue weighted by Gasteiger charge is -2.30. The van der Waals surface area contributed by atoms with E-state index >= 15 is 0 Å². The topological polar surface area (TPSA) is 126 Å². The van der Waals surface area contributed by atoms with Crippen molar-refractivity contribution < 1.29 is 24.0 Å². The average Bonchev–Trinajstić information content (AvgIpc) is 3.44. The van der Waals surface area contributed by atoms with E-state index in [2.05, 4.69) is 10.3 Å². The molecule has 1 aliphatic rings. The zero-order valence-electron chi connectivity index (χ0n) is 22.1. The molecular formula is C29H27ClN4O6. The Morgan fingerprint density at radius 2 is 1.82 bits per heavy atom. The molecular weight excluding hydrogens is 536 g/mol. The molecule has 10 nitrogen and oxygen atoms in total. The molecule has 0 radical (unpaired) electrons. The van der Waals surface area contributed by atoms with Crippen LogP contribution in [-0.2, 0) is 25.6 Å². The molecule has 0 saturated carbocycles. The summed E-state index contributed by atoms with van der Waals surface area (Å²) in [5.41, 5.74) is 2.99. The van der Waals surface area contributed by atoms with Crippen LogP contribution in [0, 0.1) is 10.1 Å². The van der Waals surface area contributed by atoms with Crippen LogP contribution >= 0.6 is 11.6 Å². The fourth-order valence-electron chi connectivity index (χ4n) is 4.57. The summed E-state index contributed by atoms with van der Waals surface area (Å²) in [6.45, 7) is 3.98. The molecule has 0 amide bonds. The van der Waals surface area contributed by atoms with Gasteiger partial charge in [0, 0.05) is 36.4 Å². The van der Waals surface area contributed by atoms with E-state index in [1.165, 1.54) is 19.2 Å². The van der Waals surface area contributed by atoms with Crippen molar-refractivity contribution >= 4 is 35.3 Å². The fourth-order valence-corrected chi connectivity index (χ4v) is 4.87. The Kier molecular flexibility index (Phi) is 8.80. The number of hydrogen-bond acceptors (Lipinski definition) is 8. The molecule has 0 aliphatic carbocycles. The Morgan fingerprint density at radius 1 is 1.12 bits per heavy atom. The highest BCUT2D eigenvalue weighted by atomic mass is 35.5. The summed E-state index contributed by atoms with van der Waals surface area (Å²) >= 11 is 6.43. The van der Waals surface area contributed by atoms with Crippen molar-refractivity contribution in [2.45, 2.75) is 26.3 Å². The van der Waals surface area contributed by atoms with Crippen LogP contribution in [0.5, 0.6) is 0 Å². The van der Waals surface area contributed by atoms with Gasteiger partial charge in [0.25, 0.3) is 5.69 Å². The van der Waals surface area contributed by atoms with Gasteiger partial charge >= 0.3 is 11.9 Å². The highest BCUT2D eigenvalue weighted by Gasteiger charge is 2.39. The maximum atomic E-state index is 13.4. The number of ether oxygens (including phenoxy) is 2. The first-order valence-corrected chi connectivity index (χ1v) is 12.7. The van der Waals surface area contributed by atoms with Gasteiger partial charge in [0.2, 0.25) is 0 Å². The van der Waals surface area contributed by atoms with E-state index in [9.17, 15) is 19.7 Å². The number of nitrogens with one attached hydrogen (secondary N) is 1. The smallest absolute Gasteiger partial charge is 0.337 e. The second-order valence-corrected chi connectivity index (χ2v) is 9.42. The summed E-state index contributed by atoms with van der Waals surface area (Å²) in [5.74, 6) is -2.45. The van der Waals surface area contributed by atoms with E-state index in [-0.39, 0.29) is 34.0 Å². The van der Waals surface area contributed by atoms with E-state index in [0.29, 0.717) is 17.9 Å². The third-order valence-electron chi connectivity index (χ3n) is 6.43. The van der Waals surface area contributed by atoms with Crippen molar-refractivity contribution in [1.82, 2.24) is 14.9 Å². The summed E-state index contributed by atoms with van der Waals surface area (Å²) in [7, 11) is 1.22. The van der Waals surface area contributed by atoms with Gasteiger partial charge in [-0.3, -0.25) is 10.1 Å². The van der Waals surface area contributed by atoms with E-state index in [4.69, 9.17) is 21.1 Å². The number of benzene rings is 2. The maximum absolute atomic E-state index is 13.4. The number of nitro benzene ring substituents is 1. The molecule has 0 fully saturated rings. The van der Waals surface area contributed by atoms with Crippen LogP contribution in [0.2, 0.25) is 5.02 Å². The minimum absolute atomic E-state index is 0.0436. The predicted molar refractivity (Wildman–Crippen MR) is 149 cm³/mol. The molecule has 0 saturated heterocycles. The van der Waals surface area contributed by atoms with Crippen LogP contribution in [-0.4, -0.2) is 40.1 Å². The van der Waals surface area contributed by atoms with Gasteiger partial charge in [0.05, 0.1) is 35.4 Å². The normalized spacial score (nSPS) is 15.2. The standard InChI is InChI=1S/C29H27ClN4O6/c1-18-24(28(35)39-3)26(22-7-4-8-23(27(22)30)34(37)38)25(19(2)32-18)29(36)40-15-5-6-20-9-11-21(12-10-20)16-33-14-13-31-17-33/h4-14,17,26,32H,15-16H2,1-3H3/b6-5+. The number of aromatic nitrogens is 2. The number of carbonyl (C=O) groups excluding carboxylic acids is 2. The van der Waals surface area contributed by atoms with Gasteiger partial charge in [-0.1, -0.05) is 54.1 Å². The molecule has 0 bridgehead atoms. The summed E-state index contributed by atoms with van der Waals surface area (Å²) in [5, 5.41) is 14.4. The molecule has 1 N–H and O–H groups in total. The number of methoxy groups -OCH3 is 1. The van der Waals surface area contributed by atoms with Crippen molar-refractivity contribution in [2.75, 3.05) is 13.7 Å². The molecule has 1 unspecified atom stereocenters. The number of rotatable bonds is 9. The number of allylic oxidation sites excluding steroid dienone is 2. The first kappa shape index (κ1) is 28.3. The van der Waals surface area contributed by atoms with Crippen molar-refractivity contribution in [3.63, 3.8) is 0 Å².